The molecule has 0 bridgehead atoms. The van der Waals surface area contributed by atoms with Crippen molar-refractivity contribution in [3.8, 4) is 5.69 Å². The molecule has 0 aliphatic heterocycles. The summed E-state index contributed by atoms with van der Waals surface area (Å²) in [4.78, 5) is 0. The van der Waals surface area contributed by atoms with Gasteiger partial charge in [-0.15, -0.1) is 0 Å². The minimum absolute atomic E-state index is 0.627. The van der Waals surface area contributed by atoms with E-state index in [0.717, 1.165) is 21.6 Å². The van der Waals surface area contributed by atoms with Crippen LogP contribution in [-0.4, -0.2) is 4.57 Å². The highest BCUT2D eigenvalue weighted by atomic mass is 35.5. The highest BCUT2D eigenvalue weighted by Gasteiger charge is 2.07. The summed E-state index contributed by atoms with van der Waals surface area (Å²) < 4.78 is 2.02. The van der Waals surface area contributed by atoms with Crippen LogP contribution in [0.3, 0.4) is 0 Å². The van der Waals surface area contributed by atoms with Crippen LogP contribution in [0, 0.1) is 0 Å². The molecule has 0 saturated carbocycles. The average molecular weight is 277 g/mol. The van der Waals surface area contributed by atoms with E-state index in [0.29, 0.717) is 10.7 Å². The molecular weight excluding hydrogens is 267 g/mol. The fraction of sp³-hybridized carbons (Fsp3) is 0. The van der Waals surface area contributed by atoms with Crippen molar-refractivity contribution in [3.63, 3.8) is 0 Å². The second kappa shape index (κ2) is 4.23. The van der Waals surface area contributed by atoms with Gasteiger partial charge in [-0.3, -0.25) is 0 Å². The molecule has 0 aliphatic rings. The van der Waals surface area contributed by atoms with Crippen molar-refractivity contribution < 1.29 is 0 Å². The monoisotopic (exact) mass is 276 g/mol. The number of nitrogen functional groups attached to an aromatic ring is 1. The van der Waals surface area contributed by atoms with Crippen molar-refractivity contribution in [2.24, 2.45) is 0 Å². The van der Waals surface area contributed by atoms with Crippen molar-refractivity contribution in [1.82, 2.24) is 4.57 Å². The summed E-state index contributed by atoms with van der Waals surface area (Å²) in [5, 5.41) is 2.43. The van der Waals surface area contributed by atoms with E-state index in [1.807, 2.05) is 47.2 Å². The third kappa shape index (κ3) is 1.84. The van der Waals surface area contributed by atoms with Gasteiger partial charge in [0, 0.05) is 22.3 Å². The molecule has 0 unspecified atom stereocenters. The highest BCUT2D eigenvalue weighted by molar-refractivity contribution is 6.33. The molecule has 4 heteroatoms. The lowest BCUT2D eigenvalue weighted by Crippen LogP contribution is -1.94. The maximum absolute atomic E-state index is 6.23. The lowest BCUT2D eigenvalue weighted by molar-refractivity contribution is 1.13. The van der Waals surface area contributed by atoms with Crippen LogP contribution in [0.2, 0.25) is 10.0 Å². The maximum Gasteiger partial charge on any atom is 0.0666 e. The third-order valence-corrected chi connectivity index (χ3v) is 3.42. The number of aromatic nitrogens is 1. The van der Waals surface area contributed by atoms with Crippen LogP contribution in [0.4, 0.5) is 5.69 Å². The van der Waals surface area contributed by atoms with Gasteiger partial charge in [0.1, 0.15) is 0 Å². The first-order valence-corrected chi connectivity index (χ1v) is 6.23. The number of hydrogen-bond donors (Lipinski definition) is 1. The standard InChI is InChI=1S/C14H10Cl2N2/c15-10-1-3-13-9(7-10)5-6-18(13)14-4-2-11(17)8-12(14)16/h1-8H,17H2. The van der Waals surface area contributed by atoms with E-state index in [4.69, 9.17) is 28.9 Å². The first kappa shape index (κ1) is 11.5. The molecule has 18 heavy (non-hydrogen) atoms. The Kier molecular flexibility index (Phi) is 2.69. The largest absolute Gasteiger partial charge is 0.399 e. The number of anilines is 1. The van der Waals surface area contributed by atoms with E-state index in [1.54, 1.807) is 6.07 Å². The average Bonchev–Trinajstić information content (AvgIpc) is 2.72. The summed E-state index contributed by atoms with van der Waals surface area (Å²) in [5.74, 6) is 0. The summed E-state index contributed by atoms with van der Waals surface area (Å²) in [5.41, 5.74) is 8.32. The second-order valence-electron chi connectivity index (χ2n) is 4.10. The Morgan fingerprint density at radius 3 is 2.56 bits per heavy atom. The molecule has 90 valence electrons. The quantitative estimate of drug-likeness (QED) is 0.651. The molecule has 1 aromatic heterocycles. The van der Waals surface area contributed by atoms with Crippen molar-refractivity contribution in [3.05, 3.63) is 58.7 Å². The number of benzene rings is 2. The molecule has 0 fully saturated rings. The molecule has 0 aliphatic carbocycles. The molecular formula is C14H10Cl2N2. The molecule has 2 nitrogen and oxygen atoms in total. The van der Waals surface area contributed by atoms with Crippen LogP contribution < -0.4 is 5.73 Å². The summed E-state index contributed by atoms with van der Waals surface area (Å²) >= 11 is 12.2. The van der Waals surface area contributed by atoms with Crippen LogP contribution >= 0.6 is 23.2 Å². The summed E-state index contributed by atoms with van der Waals surface area (Å²) in [6.45, 7) is 0. The molecule has 1 heterocycles. The van der Waals surface area contributed by atoms with E-state index in [9.17, 15) is 0 Å². The lowest BCUT2D eigenvalue weighted by Gasteiger charge is -2.08. The topological polar surface area (TPSA) is 30.9 Å². The Balaban J connectivity index is 2.25. The minimum Gasteiger partial charge on any atom is -0.399 e. The molecule has 0 radical (unpaired) electrons. The molecule has 2 N–H and O–H groups in total. The zero-order valence-electron chi connectivity index (χ0n) is 9.40. The summed E-state index contributed by atoms with van der Waals surface area (Å²) in [6, 6.07) is 13.3. The molecule has 0 spiro atoms. The Labute approximate surface area is 115 Å². The molecule has 0 saturated heterocycles. The number of rotatable bonds is 1. The van der Waals surface area contributed by atoms with Gasteiger partial charge in [-0.05, 0) is 42.5 Å². The van der Waals surface area contributed by atoms with Crippen molar-refractivity contribution in [2.45, 2.75) is 0 Å². The molecule has 3 rings (SSSR count). The zero-order valence-corrected chi connectivity index (χ0v) is 10.9. The Morgan fingerprint density at radius 1 is 0.944 bits per heavy atom. The summed E-state index contributed by atoms with van der Waals surface area (Å²) in [7, 11) is 0. The van der Waals surface area contributed by atoms with E-state index in [1.165, 1.54) is 0 Å². The van der Waals surface area contributed by atoms with Crippen LogP contribution in [0.15, 0.2) is 48.7 Å². The van der Waals surface area contributed by atoms with Gasteiger partial charge in [-0.1, -0.05) is 23.2 Å². The first-order chi connectivity index (χ1) is 8.65. The van der Waals surface area contributed by atoms with Gasteiger partial charge in [0.2, 0.25) is 0 Å². The fourth-order valence-corrected chi connectivity index (χ4v) is 2.50. The van der Waals surface area contributed by atoms with Gasteiger partial charge < -0.3 is 10.3 Å². The van der Waals surface area contributed by atoms with Gasteiger partial charge in [0.25, 0.3) is 0 Å². The van der Waals surface area contributed by atoms with Gasteiger partial charge in [0.15, 0.2) is 0 Å². The lowest BCUT2D eigenvalue weighted by atomic mass is 10.2. The molecule has 0 amide bonds. The number of fused-ring (bicyclic) bond motifs is 1. The molecule has 0 atom stereocenters. The normalized spacial score (nSPS) is 11.0. The number of hydrogen-bond acceptors (Lipinski definition) is 1. The SMILES string of the molecule is Nc1ccc(-n2ccc3cc(Cl)ccc32)c(Cl)c1. The second-order valence-corrected chi connectivity index (χ2v) is 4.94. The summed E-state index contributed by atoms with van der Waals surface area (Å²) in [6.07, 6.45) is 1.97. The number of nitrogens with two attached hydrogens (primary N) is 1. The van der Waals surface area contributed by atoms with E-state index < -0.39 is 0 Å². The van der Waals surface area contributed by atoms with Gasteiger partial charge >= 0.3 is 0 Å². The van der Waals surface area contributed by atoms with Crippen molar-refractivity contribution in [2.75, 3.05) is 5.73 Å². The van der Waals surface area contributed by atoms with Crippen LogP contribution in [0.1, 0.15) is 0 Å². The van der Waals surface area contributed by atoms with Gasteiger partial charge in [-0.25, -0.2) is 0 Å². The number of nitrogens with zero attached hydrogens (tertiary/aromatic N) is 1. The van der Waals surface area contributed by atoms with Crippen LogP contribution in [-0.2, 0) is 0 Å². The predicted octanol–water partition coefficient (Wildman–Crippen LogP) is 4.52. The van der Waals surface area contributed by atoms with Gasteiger partial charge in [0.05, 0.1) is 16.2 Å². The van der Waals surface area contributed by atoms with Crippen molar-refractivity contribution in [1.29, 1.82) is 0 Å². The third-order valence-electron chi connectivity index (χ3n) is 2.88. The minimum atomic E-state index is 0.627. The molecule has 2 aromatic carbocycles. The highest BCUT2D eigenvalue weighted by Crippen LogP contribution is 2.28. The van der Waals surface area contributed by atoms with E-state index in [-0.39, 0.29) is 0 Å². The van der Waals surface area contributed by atoms with Crippen molar-refractivity contribution >= 4 is 39.8 Å². The van der Waals surface area contributed by atoms with E-state index in [2.05, 4.69) is 0 Å². The van der Waals surface area contributed by atoms with E-state index >= 15 is 0 Å². The fourth-order valence-electron chi connectivity index (χ4n) is 2.04. The Bertz CT molecular complexity index is 732. The Hall–Kier alpha value is -1.64. The smallest absolute Gasteiger partial charge is 0.0666 e. The molecule has 3 aromatic rings. The van der Waals surface area contributed by atoms with Crippen LogP contribution in [0.25, 0.3) is 16.6 Å². The first-order valence-electron chi connectivity index (χ1n) is 5.47. The van der Waals surface area contributed by atoms with Gasteiger partial charge in [-0.2, -0.15) is 0 Å². The zero-order chi connectivity index (χ0) is 12.7. The Morgan fingerprint density at radius 2 is 1.78 bits per heavy atom. The number of halogens is 2. The maximum atomic E-state index is 6.23. The van der Waals surface area contributed by atoms with Crippen LogP contribution in [0.5, 0.6) is 0 Å². The predicted molar refractivity (Wildman–Crippen MR) is 77.7 cm³/mol.